The molecule has 14 heavy (non-hydrogen) atoms. The fourth-order valence-electron chi connectivity index (χ4n) is 1.63. The summed E-state index contributed by atoms with van der Waals surface area (Å²) < 4.78 is 0.219. The largest absolute Gasteiger partial charge is 0.480 e. The Hall–Kier alpha value is -0.260. The van der Waals surface area contributed by atoms with E-state index in [1.54, 1.807) is 0 Å². The van der Waals surface area contributed by atoms with Gasteiger partial charge in [-0.05, 0) is 13.8 Å². The molecule has 0 bridgehead atoms. The van der Waals surface area contributed by atoms with Crippen LogP contribution in [0.1, 0.15) is 13.8 Å². The molecule has 0 saturated carbocycles. The van der Waals surface area contributed by atoms with Crippen LogP contribution in [0.2, 0.25) is 0 Å². The topological polar surface area (TPSA) is 66.6 Å². The predicted octanol–water partition coefficient (Wildman–Crippen LogP) is 0.226. The Morgan fingerprint density at radius 1 is 1.71 bits per heavy atom. The van der Waals surface area contributed by atoms with E-state index in [4.69, 9.17) is 10.8 Å². The molecule has 1 heterocycles. The van der Waals surface area contributed by atoms with Gasteiger partial charge in [0.05, 0.1) is 0 Å². The van der Waals surface area contributed by atoms with Crippen LogP contribution in [0.5, 0.6) is 0 Å². The minimum atomic E-state index is -0.916. The fourth-order valence-corrected chi connectivity index (χ4v) is 2.80. The number of hydrogen-bond donors (Lipinski definition) is 2. The summed E-state index contributed by atoms with van der Waals surface area (Å²) in [6.45, 7) is 6.67. The molecule has 4 nitrogen and oxygen atoms in total. The smallest absolute Gasteiger partial charge is 0.321 e. The van der Waals surface area contributed by atoms with Crippen molar-refractivity contribution in [1.82, 2.24) is 4.90 Å². The third-order valence-electron chi connectivity index (χ3n) is 2.28. The highest BCUT2D eigenvalue weighted by Gasteiger charge is 2.28. The monoisotopic (exact) mass is 218 g/mol. The lowest BCUT2D eigenvalue weighted by Crippen LogP contribution is -2.49. The van der Waals surface area contributed by atoms with Crippen molar-refractivity contribution in [3.63, 3.8) is 0 Å². The maximum Gasteiger partial charge on any atom is 0.321 e. The normalized spacial score (nSPS) is 24.5. The summed E-state index contributed by atoms with van der Waals surface area (Å²) in [6.07, 6.45) is 0. The molecule has 1 unspecified atom stereocenters. The summed E-state index contributed by atoms with van der Waals surface area (Å²) in [6, 6.07) is -0.756. The highest BCUT2D eigenvalue weighted by atomic mass is 32.2. The first-order valence-electron chi connectivity index (χ1n) is 4.75. The Morgan fingerprint density at radius 2 is 2.36 bits per heavy atom. The van der Waals surface area contributed by atoms with E-state index in [9.17, 15) is 4.79 Å². The van der Waals surface area contributed by atoms with E-state index in [-0.39, 0.29) is 4.75 Å². The van der Waals surface area contributed by atoms with Gasteiger partial charge in [-0.25, -0.2) is 0 Å². The van der Waals surface area contributed by atoms with Gasteiger partial charge in [-0.3, -0.25) is 9.69 Å². The number of thioether (sulfide) groups is 1. The van der Waals surface area contributed by atoms with Crippen LogP contribution in [0.4, 0.5) is 0 Å². The molecule has 82 valence electrons. The van der Waals surface area contributed by atoms with Gasteiger partial charge in [0, 0.05) is 30.1 Å². The maximum absolute atomic E-state index is 10.6. The summed E-state index contributed by atoms with van der Waals surface area (Å²) in [5.74, 6) is 0.139. The zero-order chi connectivity index (χ0) is 10.8. The van der Waals surface area contributed by atoms with Crippen LogP contribution in [0, 0.1) is 0 Å². The molecule has 1 atom stereocenters. The standard InChI is InChI=1S/C9H18N2O2S/c1-9(2)6-11(3-4-14-9)5-7(10)8(12)13/h7H,3-6,10H2,1-2H3,(H,12,13). The molecule has 1 aliphatic rings. The van der Waals surface area contributed by atoms with Gasteiger partial charge in [-0.1, -0.05) is 0 Å². The van der Waals surface area contributed by atoms with Crippen LogP contribution in [-0.2, 0) is 4.79 Å². The van der Waals surface area contributed by atoms with Crippen molar-refractivity contribution in [3.8, 4) is 0 Å². The van der Waals surface area contributed by atoms with Gasteiger partial charge >= 0.3 is 5.97 Å². The van der Waals surface area contributed by atoms with Crippen LogP contribution in [0.15, 0.2) is 0 Å². The average molecular weight is 218 g/mol. The summed E-state index contributed by atoms with van der Waals surface area (Å²) in [5.41, 5.74) is 5.49. The van der Waals surface area contributed by atoms with Crippen LogP contribution >= 0.6 is 11.8 Å². The number of nitrogens with zero attached hydrogens (tertiary/aromatic N) is 1. The van der Waals surface area contributed by atoms with Crippen molar-refractivity contribution in [2.75, 3.05) is 25.4 Å². The Bertz CT molecular complexity index is 221. The molecule has 0 amide bonds. The van der Waals surface area contributed by atoms with E-state index in [2.05, 4.69) is 18.7 Å². The third kappa shape index (κ3) is 3.48. The number of nitrogens with two attached hydrogens (primary N) is 1. The zero-order valence-electron chi connectivity index (χ0n) is 8.69. The average Bonchev–Trinajstić information content (AvgIpc) is 2.01. The van der Waals surface area contributed by atoms with Gasteiger partial charge in [0.1, 0.15) is 6.04 Å². The number of aliphatic carboxylic acids is 1. The van der Waals surface area contributed by atoms with Gasteiger partial charge in [0.2, 0.25) is 0 Å². The maximum atomic E-state index is 10.6. The van der Waals surface area contributed by atoms with Gasteiger partial charge < -0.3 is 10.8 Å². The van der Waals surface area contributed by atoms with Crippen LogP contribution < -0.4 is 5.73 Å². The first-order chi connectivity index (χ1) is 6.41. The molecule has 0 spiro atoms. The van der Waals surface area contributed by atoms with Crippen molar-refractivity contribution in [1.29, 1.82) is 0 Å². The van der Waals surface area contributed by atoms with Crippen molar-refractivity contribution >= 4 is 17.7 Å². The minimum Gasteiger partial charge on any atom is -0.480 e. The molecule has 1 saturated heterocycles. The Balaban J connectivity index is 2.42. The van der Waals surface area contributed by atoms with E-state index in [0.717, 1.165) is 18.8 Å². The lowest BCUT2D eigenvalue weighted by atomic mass is 10.1. The van der Waals surface area contributed by atoms with Crippen molar-refractivity contribution in [2.24, 2.45) is 5.73 Å². The third-order valence-corrected chi connectivity index (χ3v) is 3.57. The van der Waals surface area contributed by atoms with Crippen LogP contribution in [0.25, 0.3) is 0 Å². The molecule has 0 aromatic rings. The summed E-state index contributed by atoms with van der Waals surface area (Å²) in [4.78, 5) is 12.7. The molecule has 0 aromatic heterocycles. The summed E-state index contributed by atoms with van der Waals surface area (Å²) >= 11 is 1.93. The Labute approximate surface area is 88.8 Å². The van der Waals surface area contributed by atoms with Crippen LogP contribution in [-0.4, -0.2) is 52.2 Å². The first kappa shape index (κ1) is 11.8. The summed E-state index contributed by atoms with van der Waals surface area (Å²) in [7, 11) is 0. The van der Waals surface area contributed by atoms with Crippen LogP contribution in [0.3, 0.4) is 0 Å². The molecular weight excluding hydrogens is 200 g/mol. The van der Waals surface area contributed by atoms with E-state index in [0.29, 0.717) is 6.54 Å². The fraction of sp³-hybridized carbons (Fsp3) is 0.889. The molecule has 1 aliphatic heterocycles. The van der Waals surface area contributed by atoms with E-state index >= 15 is 0 Å². The van der Waals surface area contributed by atoms with Crippen molar-refractivity contribution < 1.29 is 9.90 Å². The molecule has 1 fully saturated rings. The molecule has 1 rings (SSSR count). The Morgan fingerprint density at radius 3 is 2.86 bits per heavy atom. The quantitative estimate of drug-likeness (QED) is 0.709. The number of carboxylic acids is 1. The number of rotatable bonds is 3. The lowest BCUT2D eigenvalue weighted by molar-refractivity contribution is -0.139. The molecule has 0 radical (unpaired) electrons. The van der Waals surface area contributed by atoms with Crippen molar-refractivity contribution in [2.45, 2.75) is 24.6 Å². The predicted molar refractivity (Wildman–Crippen MR) is 58.6 cm³/mol. The van der Waals surface area contributed by atoms with Gasteiger partial charge in [0.25, 0.3) is 0 Å². The molecule has 3 N–H and O–H groups in total. The molecule has 0 aliphatic carbocycles. The van der Waals surface area contributed by atoms with Gasteiger partial charge in [-0.15, -0.1) is 0 Å². The minimum absolute atomic E-state index is 0.219. The highest BCUT2D eigenvalue weighted by molar-refractivity contribution is 8.00. The summed E-state index contributed by atoms with van der Waals surface area (Å²) in [5, 5.41) is 8.69. The Kier molecular flexibility index (Phi) is 3.80. The first-order valence-corrected chi connectivity index (χ1v) is 5.74. The van der Waals surface area contributed by atoms with Crippen molar-refractivity contribution in [3.05, 3.63) is 0 Å². The zero-order valence-corrected chi connectivity index (χ0v) is 9.51. The highest BCUT2D eigenvalue weighted by Crippen LogP contribution is 2.29. The number of carbonyl (C=O) groups is 1. The molecule has 0 aromatic carbocycles. The van der Waals surface area contributed by atoms with E-state index in [1.807, 2.05) is 11.8 Å². The number of hydrogen-bond acceptors (Lipinski definition) is 4. The molecule has 5 heteroatoms. The second-order valence-electron chi connectivity index (χ2n) is 4.29. The SMILES string of the molecule is CC1(C)CN(CC(N)C(=O)O)CCS1. The lowest BCUT2D eigenvalue weighted by Gasteiger charge is -2.38. The van der Waals surface area contributed by atoms with Gasteiger partial charge in [-0.2, -0.15) is 11.8 Å². The van der Waals surface area contributed by atoms with Gasteiger partial charge in [0.15, 0.2) is 0 Å². The molecular formula is C9H18N2O2S. The second-order valence-corrected chi connectivity index (χ2v) is 6.09. The second kappa shape index (κ2) is 4.51. The van der Waals surface area contributed by atoms with E-state index < -0.39 is 12.0 Å². The number of carboxylic acid groups (broad SMARTS) is 1. The van der Waals surface area contributed by atoms with E-state index in [1.165, 1.54) is 0 Å².